The number of sulfone groups is 1. The topological polar surface area (TPSA) is 78.0 Å². The van der Waals surface area contributed by atoms with Gasteiger partial charge < -0.3 is 5.73 Å². The van der Waals surface area contributed by atoms with Crippen molar-refractivity contribution in [3.63, 3.8) is 0 Å². The largest absolute Gasteiger partial charge is 0.383 e. The van der Waals surface area contributed by atoms with Crippen LogP contribution in [0.2, 0.25) is 0 Å². The Morgan fingerprint density at radius 1 is 1.33 bits per heavy atom. The van der Waals surface area contributed by atoms with Crippen LogP contribution >= 0.6 is 15.9 Å². The molecule has 7 heteroatoms. The fraction of sp³-hybridized carbons (Fsp3) is 0.182. The van der Waals surface area contributed by atoms with Crippen LogP contribution in [0, 0.1) is 0 Å². The first kappa shape index (κ1) is 13.1. The van der Waals surface area contributed by atoms with Gasteiger partial charge in [-0.1, -0.05) is 15.9 Å². The second-order valence-electron chi connectivity index (χ2n) is 4.01. The molecule has 0 aliphatic heterocycles. The van der Waals surface area contributed by atoms with Gasteiger partial charge in [-0.15, -0.1) is 0 Å². The average Bonchev–Trinajstić information content (AvgIpc) is 2.58. The Labute approximate surface area is 114 Å². The molecule has 96 valence electrons. The van der Waals surface area contributed by atoms with Crippen LogP contribution in [0.1, 0.15) is 0 Å². The van der Waals surface area contributed by atoms with E-state index in [9.17, 15) is 8.42 Å². The Bertz CT molecular complexity index is 707. The molecule has 0 radical (unpaired) electrons. The molecular weight excluding hydrogens is 318 g/mol. The number of hydrogen-bond donors (Lipinski definition) is 1. The number of nitrogen functional groups attached to an aromatic ring is 1. The van der Waals surface area contributed by atoms with Gasteiger partial charge in [-0.25, -0.2) is 8.42 Å². The lowest BCUT2D eigenvalue weighted by atomic mass is 10.1. The van der Waals surface area contributed by atoms with Crippen molar-refractivity contribution in [1.82, 2.24) is 9.78 Å². The number of nitrogens with two attached hydrogens (primary N) is 1. The minimum absolute atomic E-state index is 0.245. The summed E-state index contributed by atoms with van der Waals surface area (Å²) in [6.45, 7) is 0. The van der Waals surface area contributed by atoms with Gasteiger partial charge >= 0.3 is 0 Å². The van der Waals surface area contributed by atoms with E-state index in [-0.39, 0.29) is 4.90 Å². The van der Waals surface area contributed by atoms with Crippen molar-refractivity contribution in [1.29, 1.82) is 0 Å². The second kappa shape index (κ2) is 4.40. The molecular formula is C11H12BrN3O2S. The molecule has 1 heterocycles. The van der Waals surface area contributed by atoms with Gasteiger partial charge in [0.1, 0.15) is 5.82 Å². The summed E-state index contributed by atoms with van der Waals surface area (Å²) in [4.78, 5) is 0.245. The van der Waals surface area contributed by atoms with Crippen molar-refractivity contribution in [3.05, 3.63) is 28.9 Å². The zero-order valence-corrected chi connectivity index (χ0v) is 12.3. The van der Waals surface area contributed by atoms with Crippen LogP contribution in [0.4, 0.5) is 5.82 Å². The zero-order valence-electron chi connectivity index (χ0n) is 9.88. The predicted octanol–water partition coefficient (Wildman–Crippen LogP) is 1.84. The van der Waals surface area contributed by atoms with Crippen LogP contribution in [0.15, 0.2) is 33.8 Å². The lowest BCUT2D eigenvalue weighted by Crippen LogP contribution is -1.99. The van der Waals surface area contributed by atoms with E-state index < -0.39 is 9.84 Å². The number of aryl methyl sites for hydroxylation is 1. The summed E-state index contributed by atoms with van der Waals surface area (Å²) in [5.74, 6) is 0.493. The molecule has 0 aliphatic carbocycles. The molecule has 0 saturated carbocycles. The molecule has 1 aromatic heterocycles. The lowest BCUT2D eigenvalue weighted by molar-refractivity contribution is 0.602. The fourth-order valence-corrected chi connectivity index (χ4v) is 2.93. The van der Waals surface area contributed by atoms with E-state index in [4.69, 9.17) is 5.73 Å². The highest BCUT2D eigenvalue weighted by Gasteiger charge is 2.13. The van der Waals surface area contributed by atoms with E-state index >= 15 is 0 Å². The van der Waals surface area contributed by atoms with Crippen molar-refractivity contribution in [2.75, 3.05) is 12.0 Å². The first-order valence-electron chi connectivity index (χ1n) is 5.07. The van der Waals surface area contributed by atoms with E-state index in [1.54, 1.807) is 25.4 Å². The molecule has 2 rings (SSSR count). The molecule has 0 spiro atoms. The van der Waals surface area contributed by atoms with Crippen molar-refractivity contribution in [2.24, 2.45) is 7.05 Å². The third-order valence-corrected chi connectivity index (χ3v) is 4.14. The van der Waals surface area contributed by atoms with E-state index in [1.807, 2.05) is 6.07 Å². The van der Waals surface area contributed by atoms with Crippen molar-refractivity contribution in [2.45, 2.75) is 4.90 Å². The van der Waals surface area contributed by atoms with Crippen LogP contribution in [-0.4, -0.2) is 24.5 Å². The summed E-state index contributed by atoms with van der Waals surface area (Å²) in [5, 5.41) is 4.04. The summed E-state index contributed by atoms with van der Waals surface area (Å²) in [6.07, 6.45) is 2.79. The quantitative estimate of drug-likeness (QED) is 0.911. The van der Waals surface area contributed by atoms with Gasteiger partial charge in [0, 0.05) is 23.3 Å². The summed E-state index contributed by atoms with van der Waals surface area (Å²) in [5.41, 5.74) is 7.31. The van der Waals surface area contributed by atoms with Crippen LogP contribution in [-0.2, 0) is 16.9 Å². The van der Waals surface area contributed by atoms with E-state index in [0.29, 0.717) is 15.9 Å². The molecule has 0 bridgehead atoms. The fourth-order valence-electron chi connectivity index (χ4n) is 1.60. The molecule has 0 amide bonds. The number of nitrogens with zero attached hydrogens (tertiary/aromatic N) is 2. The van der Waals surface area contributed by atoms with Gasteiger partial charge in [-0.3, -0.25) is 4.68 Å². The normalized spacial score (nSPS) is 11.7. The number of halogens is 1. The Morgan fingerprint density at radius 3 is 2.50 bits per heavy atom. The maximum atomic E-state index is 11.6. The molecule has 0 aliphatic rings. The standard InChI is InChI=1S/C11H12BrN3O2S/c1-15-11(13)10(6-14-15)7-3-8(12)5-9(4-7)18(2,16)17/h3-6H,13H2,1-2H3. The maximum absolute atomic E-state index is 11.6. The molecule has 0 saturated heterocycles. The van der Waals surface area contributed by atoms with Crippen LogP contribution in [0.5, 0.6) is 0 Å². The molecule has 18 heavy (non-hydrogen) atoms. The second-order valence-corrected chi connectivity index (χ2v) is 6.95. The maximum Gasteiger partial charge on any atom is 0.175 e. The van der Waals surface area contributed by atoms with Crippen molar-refractivity contribution < 1.29 is 8.42 Å². The lowest BCUT2D eigenvalue weighted by Gasteiger charge is -2.05. The molecule has 5 nitrogen and oxygen atoms in total. The minimum atomic E-state index is -3.26. The van der Waals surface area contributed by atoms with Gasteiger partial charge in [-0.05, 0) is 23.8 Å². The molecule has 0 atom stereocenters. The summed E-state index contributed by atoms with van der Waals surface area (Å²) in [7, 11) is -1.53. The Morgan fingerprint density at radius 2 is 2.00 bits per heavy atom. The third-order valence-electron chi connectivity index (χ3n) is 2.60. The number of hydrogen-bond acceptors (Lipinski definition) is 4. The number of anilines is 1. The predicted molar refractivity (Wildman–Crippen MR) is 73.9 cm³/mol. The summed E-state index contributed by atoms with van der Waals surface area (Å²) >= 11 is 3.30. The number of rotatable bonds is 2. The highest BCUT2D eigenvalue weighted by molar-refractivity contribution is 9.10. The smallest absolute Gasteiger partial charge is 0.175 e. The van der Waals surface area contributed by atoms with Gasteiger partial charge in [0.25, 0.3) is 0 Å². The highest BCUT2D eigenvalue weighted by atomic mass is 79.9. The van der Waals surface area contributed by atoms with Gasteiger partial charge in [0.15, 0.2) is 9.84 Å². The molecule has 0 unspecified atom stereocenters. The minimum Gasteiger partial charge on any atom is -0.383 e. The monoisotopic (exact) mass is 329 g/mol. The third kappa shape index (κ3) is 2.41. The molecule has 2 N–H and O–H groups in total. The molecule has 1 aromatic carbocycles. The van der Waals surface area contributed by atoms with E-state index in [0.717, 1.165) is 5.56 Å². The molecule has 0 fully saturated rings. The van der Waals surface area contributed by atoms with Crippen molar-refractivity contribution in [3.8, 4) is 11.1 Å². The molecule has 2 aromatic rings. The summed E-state index contributed by atoms with van der Waals surface area (Å²) in [6, 6.07) is 4.96. The average molecular weight is 330 g/mol. The first-order valence-corrected chi connectivity index (χ1v) is 7.76. The highest BCUT2D eigenvalue weighted by Crippen LogP contribution is 2.30. The van der Waals surface area contributed by atoms with Crippen LogP contribution < -0.4 is 5.73 Å². The number of aromatic nitrogens is 2. The Hall–Kier alpha value is -1.34. The number of benzene rings is 1. The van der Waals surface area contributed by atoms with E-state index in [2.05, 4.69) is 21.0 Å². The Kier molecular flexibility index (Phi) is 3.20. The first-order chi connectivity index (χ1) is 8.29. The van der Waals surface area contributed by atoms with Crippen LogP contribution in [0.3, 0.4) is 0 Å². The van der Waals surface area contributed by atoms with Gasteiger partial charge in [0.05, 0.1) is 11.1 Å². The van der Waals surface area contributed by atoms with Crippen molar-refractivity contribution >= 4 is 31.6 Å². The van der Waals surface area contributed by atoms with Gasteiger partial charge in [-0.2, -0.15) is 5.10 Å². The van der Waals surface area contributed by atoms with Gasteiger partial charge in [0.2, 0.25) is 0 Å². The zero-order chi connectivity index (χ0) is 13.5. The summed E-state index contributed by atoms with van der Waals surface area (Å²) < 4.78 is 25.4. The van der Waals surface area contributed by atoms with Crippen LogP contribution in [0.25, 0.3) is 11.1 Å². The Balaban J connectivity index is 2.66. The SMILES string of the molecule is Cn1ncc(-c2cc(Br)cc(S(C)(=O)=O)c2)c1N. The van der Waals surface area contributed by atoms with E-state index in [1.165, 1.54) is 10.9 Å².